The van der Waals surface area contributed by atoms with Gasteiger partial charge in [-0.25, -0.2) is 4.98 Å². The number of aromatic nitrogens is 3. The number of rotatable bonds is 5. The zero-order valence-electron chi connectivity index (χ0n) is 10.6. The molecule has 1 unspecified atom stereocenters. The number of nitrogens with zero attached hydrogens (tertiary/aromatic N) is 3. The average molecular weight is 243 g/mol. The summed E-state index contributed by atoms with van der Waals surface area (Å²) in [5, 5.41) is 6.43. The van der Waals surface area contributed by atoms with Gasteiger partial charge in [0.05, 0.1) is 6.04 Å². The Hall–Kier alpha value is -2.17. The first kappa shape index (κ1) is 12.3. The van der Waals surface area contributed by atoms with Gasteiger partial charge in [0, 0.05) is 25.1 Å². The van der Waals surface area contributed by atoms with E-state index in [9.17, 15) is 0 Å². The predicted octanol–water partition coefficient (Wildman–Crippen LogP) is 2.48. The number of anilines is 2. The molecule has 2 N–H and O–H groups in total. The molecule has 2 aromatic rings. The fraction of sp³-hybridized carbons (Fsp3) is 0.308. The van der Waals surface area contributed by atoms with E-state index in [0.29, 0.717) is 5.95 Å². The van der Waals surface area contributed by atoms with Gasteiger partial charge in [-0.15, -0.1) is 0 Å². The van der Waals surface area contributed by atoms with E-state index in [1.54, 1.807) is 18.6 Å². The Morgan fingerprint density at radius 1 is 1.17 bits per heavy atom. The van der Waals surface area contributed by atoms with Crippen LogP contribution in [0, 0.1) is 0 Å². The minimum atomic E-state index is 0.178. The van der Waals surface area contributed by atoms with Crippen LogP contribution in [0.1, 0.15) is 25.5 Å². The maximum absolute atomic E-state index is 4.38. The van der Waals surface area contributed by atoms with Crippen molar-refractivity contribution in [3.05, 3.63) is 42.4 Å². The minimum Gasteiger partial charge on any atom is -0.363 e. The highest BCUT2D eigenvalue weighted by Crippen LogP contribution is 2.17. The van der Waals surface area contributed by atoms with E-state index in [0.717, 1.165) is 12.4 Å². The molecule has 0 spiro atoms. The summed E-state index contributed by atoms with van der Waals surface area (Å²) in [7, 11) is 0. The summed E-state index contributed by atoms with van der Waals surface area (Å²) in [5.41, 5.74) is 1.17. The van der Waals surface area contributed by atoms with E-state index in [4.69, 9.17) is 0 Å². The van der Waals surface area contributed by atoms with Crippen molar-refractivity contribution < 1.29 is 0 Å². The normalized spacial score (nSPS) is 11.9. The average Bonchev–Trinajstić information content (AvgIpc) is 2.40. The number of hydrogen-bond donors (Lipinski definition) is 2. The van der Waals surface area contributed by atoms with Crippen molar-refractivity contribution in [2.24, 2.45) is 0 Å². The van der Waals surface area contributed by atoms with Crippen molar-refractivity contribution >= 4 is 11.8 Å². The molecule has 0 saturated heterocycles. The third-order valence-electron chi connectivity index (χ3n) is 2.56. The minimum absolute atomic E-state index is 0.178. The standard InChI is InChI=1S/C13H17N5/c1-3-15-13-16-9-6-12(18-13)17-10(2)11-4-7-14-8-5-11/h4-10H,3H2,1-2H3,(H2,15,16,17,18). The molecule has 5 heteroatoms. The second kappa shape index (κ2) is 5.95. The van der Waals surface area contributed by atoms with Crippen molar-refractivity contribution in [2.45, 2.75) is 19.9 Å². The van der Waals surface area contributed by atoms with Gasteiger partial charge in [0.15, 0.2) is 0 Å². The molecule has 0 aliphatic heterocycles. The van der Waals surface area contributed by atoms with Crippen LogP contribution in [-0.4, -0.2) is 21.5 Å². The van der Waals surface area contributed by atoms with Crippen LogP contribution in [0.25, 0.3) is 0 Å². The van der Waals surface area contributed by atoms with Gasteiger partial charge in [0.2, 0.25) is 5.95 Å². The second-order valence-corrected chi connectivity index (χ2v) is 3.94. The molecule has 94 valence electrons. The summed E-state index contributed by atoms with van der Waals surface area (Å²) in [5.74, 6) is 1.45. The molecule has 2 heterocycles. The van der Waals surface area contributed by atoms with Crippen molar-refractivity contribution in [3.63, 3.8) is 0 Å². The summed E-state index contributed by atoms with van der Waals surface area (Å²) in [6.45, 7) is 4.91. The first-order valence-corrected chi connectivity index (χ1v) is 6.03. The molecule has 18 heavy (non-hydrogen) atoms. The Bertz CT molecular complexity index is 486. The lowest BCUT2D eigenvalue weighted by Gasteiger charge is -2.15. The van der Waals surface area contributed by atoms with Crippen LogP contribution in [0.5, 0.6) is 0 Å². The monoisotopic (exact) mass is 243 g/mol. The van der Waals surface area contributed by atoms with Gasteiger partial charge in [-0.2, -0.15) is 4.98 Å². The molecule has 0 fully saturated rings. The Morgan fingerprint density at radius 2 is 1.94 bits per heavy atom. The smallest absolute Gasteiger partial charge is 0.224 e. The van der Waals surface area contributed by atoms with Crippen LogP contribution in [0.4, 0.5) is 11.8 Å². The molecule has 0 bridgehead atoms. The second-order valence-electron chi connectivity index (χ2n) is 3.94. The molecule has 0 amide bonds. The van der Waals surface area contributed by atoms with Gasteiger partial charge in [0.1, 0.15) is 5.82 Å². The van der Waals surface area contributed by atoms with E-state index < -0.39 is 0 Å². The van der Waals surface area contributed by atoms with Gasteiger partial charge in [-0.1, -0.05) is 0 Å². The zero-order chi connectivity index (χ0) is 12.8. The van der Waals surface area contributed by atoms with E-state index >= 15 is 0 Å². The molecule has 0 aliphatic rings. The molecule has 0 aromatic carbocycles. The van der Waals surface area contributed by atoms with Crippen LogP contribution in [0.15, 0.2) is 36.8 Å². The van der Waals surface area contributed by atoms with E-state index in [1.807, 2.05) is 25.1 Å². The summed E-state index contributed by atoms with van der Waals surface area (Å²) >= 11 is 0. The quantitative estimate of drug-likeness (QED) is 0.844. The molecule has 2 aromatic heterocycles. The summed E-state index contributed by atoms with van der Waals surface area (Å²) in [6.07, 6.45) is 5.32. The number of hydrogen-bond acceptors (Lipinski definition) is 5. The van der Waals surface area contributed by atoms with Crippen LogP contribution in [0.2, 0.25) is 0 Å². The third-order valence-corrected chi connectivity index (χ3v) is 2.56. The first-order chi connectivity index (χ1) is 8.79. The summed E-state index contributed by atoms with van der Waals surface area (Å²) < 4.78 is 0. The summed E-state index contributed by atoms with van der Waals surface area (Å²) in [4.78, 5) is 12.5. The fourth-order valence-corrected chi connectivity index (χ4v) is 1.64. The van der Waals surface area contributed by atoms with Gasteiger partial charge in [-0.3, -0.25) is 4.98 Å². The Labute approximate surface area is 107 Å². The zero-order valence-corrected chi connectivity index (χ0v) is 10.6. The Kier molecular flexibility index (Phi) is 4.06. The van der Waals surface area contributed by atoms with Gasteiger partial charge in [-0.05, 0) is 37.6 Å². The van der Waals surface area contributed by atoms with E-state index in [1.165, 1.54) is 5.56 Å². The maximum atomic E-state index is 4.38. The van der Waals surface area contributed by atoms with Gasteiger partial charge < -0.3 is 10.6 Å². The SMILES string of the molecule is CCNc1nccc(NC(C)c2ccncc2)n1. The molecular formula is C13H17N5. The Balaban J connectivity index is 2.07. The van der Waals surface area contributed by atoms with Crippen LogP contribution in [-0.2, 0) is 0 Å². The molecule has 1 atom stereocenters. The first-order valence-electron chi connectivity index (χ1n) is 6.03. The van der Waals surface area contributed by atoms with E-state index in [2.05, 4.69) is 32.5 Å². The fourth-order valence-electron chi connectivity index (χ4n) is 1.64. The highest BCUT2D eigenvalue weighted by Gasteiger charge is 2.06. The third kappa shape index (κ3) is 3.16. The Morgan fingerprint density at radius 3 is 2.67 bits per heavy atom. The van der Waals surface area contributed by atoms with Crippen LogP contribution >= 0.6 is 0 Å². The van der Waals surface area contributed by atoms with Crippen LogP contribution < -0.4 is 10.6 Å². The van der Waals surface area contributed by atoms with Crippen molar-refractivity contribution in [1.82, 2.24) is 15.0 Å². The molecule has 2 rings (SSSR count). The predicted molar refractivity (Wildman–Crippen MR) is 72.5 cm³/mol. The van der Waals surface area contributed by atoms with E-state index in [-0.39, 0.29) is 6.04 Å². The molecule has 5 nitrogen and oxygen atoms in total. The number of pyridine rings is 1. The van der Waals surface area contributed by atoms with Crippen LogP contribution in [0.3, 0.4) is 0 Å². The molecule has 0 radical (unpaired) electrons. The van der Waals surface area contributed by atoms with Gasteiger partial charge >= 0.3 is 0 Å². The summed E-state index contributed by atoms with van der Waals surface area (Å²) in [6, 6.07) is 6.02. The highest BCUT2D eigenvalue weighted by atomic mass is 15.1. The van der Waals surface area contributed by atoms with Crippen molar-refractivity contribution in [2.75, 3.05) is 17.2 Å². The number of nitrogens with one attached hydrogen (secondary N) is 2. The van der Waals surface area contributed by atoms with Crippen molar-refractivity contribution in [3.8, 4) is 0 Å². The molecule has 0 aliphatic carbocycles. The largest absolute Gasteiger partial charge is 0.363 e. The lowest BCUT2D eigenvalue weighted by molar-refractivity contribution is 0.868. The molecular weight excluding hydrogens is 226 g/mol. The topological polar surface area (TPSA) is 62.7 Å². The lowest BCUT2D eigenvalue weighted by Crippen LogP contribution is -2.10. The maximum Gasteiger partial charge on any atom is 0.224 e. The van der Waals surface area contributed by atoms with Crippen molar-refractivity contribution in [1.29, 1.82) is 0 Å². The lowest BCUT2D eigenvalue weighted by atomic mass is 10.1. The van der Waals surface area contributed by atoms with Gasteiger partial charge in [0.25, 0.3) is 0 Å². The highest BCUT2D eigenvalue weighted by molar-refractivity contribution is 5.41. The molecule has 0 saturated carbocycles.